The van der Waals surface area contributed by atoms with E-state index in [-0.39, 0.29) is 29.7 Å². The van der Waals surface area contributed by atoms with Crippen LogP contribution in [-0.2, 0) is 4.79 Å². The largest absolute Gasteiger partial charge is 0.342 e. The standard InChI is InChI=1S/C17H25FN4O/c1-11(19)12-6-8-22(9-7-12)17(23)14-10-20-21-16(14)13-4-2-3-5-15(13)18/h2-5,11-12,14,16,20-21H,6-10,19H2,1H3. The van der Waals surface area contributed by atoms with Crippen molar-refractivity contribution in [2.45, 2.75) is 31.8 Å². The lowest BCUT2D eigenvalue weighted by Gasteiger charge is -2.35. The Morgan fingerprint density at radius 2 is 2.04 bits per heavy atom. The van der Waals surface area contributed by atoms with Crippen LogP contribution in [0.1, 0.15) is 31.4 Å². The number of nitrogens with zero attached hydrogens (tertiary/aromatic N) is 1. The maximum absolute atomic E-state index is 14.1. The van der Waals surface area contributed by atoms with E-state index in [0.29, 0.717) is 18.0 Å². The number of carbonyl (C=O) groups is 1. The summed E-state index contributed by atoms with van der Waals surface area (Å²) >= 11 is 0. The number of hydrazine groups is 1. The molecule has 23 heavy (non-hydrogen) atoms. The fourth-order valence-corrected chi connectivity index (χ4v) is 3.63. The summed E-state index contributed by atoms with van der Waals surface area (Å²) in [5, 5.41) is 0. The average molecular weight is 320 g/mol. The summed E-state index contributed by atoms with van der Waals surface area (Å²) in [7, 11) is 0. The van der Waals surface area contributed by atoms with E-state index >= 15 is 0 Å². The summed E-state index contributed by atoms with van der Waals surface area (Å²) in [6.07, 6.45) is 1.89. The van der Waals surface area contributed by atoms with E-state index < -0.39 is 0 Å². The van der Waals surface area contributed by atoms with Gasteiger partial charge in [0.05, 0.1) is 12.0 Å². The summed E-state index contributed by atoms with van der Waals surface area (Å²) in [4.78, 5) is 14.8. The monoisotopic (exact) mass is 320 g/mol. The third-order valence-corrected chi connectivity index (χ3v) is 5.13. The predicted octanol–water partition coefficient (Wildman–Crippen LogP) is 1.18. The molecule has 1 aromatic carbocycles. The molecule has 0 spiro atoms. The molecule has 126 valence electrons. The van der Waals surface area contributed by atoms with Crippen molar-refractivity contribution in [3.8, 4) is 0 Å². The Labute approximate surface area is 136 Å². The second-order valence-corrected chi connectivity index (χ2v) is 6.65. The van der Waals surface area contributed by atoms with Gasteiger partial charge in [-0.2, -0.15) is 0 Å². The number of carbonyl (C=O) groups excluding carboxylic acids is 1. The van der Waals surface area contributed by atoms with Crippen molar-refractivity contribution in [2.75, 3.05) is 19.6 Å². The number of piperidine rings is 1. The number of hydrogen-bond acceptors (Lipinski definition) is 4. The number of nitrogens with one attached hydrogen (secondary N) is 2. The highest BCUT2D eigenvalue weighted by Crippen LogP contribution is 2.30. The molecule has 0 radical (unpaired) electrons. The molecule has 2 saturated heterocycles. The van der Waals surface area contributed by atoms with Crippen molar-refractivity contribution in [3.05, 3.63) is 35.6 Å². The zero-order valence-electron chi connectivity index (χ0n) is 13.5. The fourth-order valence-electron chi connectivity index (χ4n) is 3.63. The zero-order chi connectivity index (χ0) is 16.4. The molecule has 0 aromatic heterocycles. The molecule has 1 aromatic rings. The minimum Gasteiger partial charge on any atom is -0.342 e. The molecule has 4 N–H and O–H groups in total. The van der Waals surface area contributed by atoms with Gasteiger partial charge in [-0.15, -0.1) is 0 Å². The fraction of sp³-hybridized carbons (Fsp3) is 0.588. The molecule has 2 aliphatic heterocycles. The molecule has 5 nitrogen and oxygen atoms in total. The van der Waals surface area contributed by atoms with Gasteiger partial charge < -0.3 is 10.6 Å². The van der Waals surface area contributed by atoms with Crippen molar-refractivity contribution in [1.82, 2.24) is 15.8 Å². The van der Waals surface area contributed by atoms with E-state index in [1.165, 1.54) is 6.07 Å². The Kier molecular flexibility index (Phi) is 4.94. The highest BCUT2D eigenvalue weighted by atomic mass is 19.1. The first kappa shape index (κ1) is 16.4. The van der Waals surface area contributed by atoms with Crippen LogP contribution in [0.15, 0.2) is 24.3 Å². The van der Waals surface area contributed by atoms with Gasteiger partial charge in [0.1, 0.15) is 5.82 Å². The van der Waals surface area contributed by atoms with E-state index in [2.05, 4.69) is 10.9 Å². The summed E-state index contributed by atoms with van der Waals surface area (Å²) in [6.45, 7) is 4.03. The van der Waals surface area contributed by atoms with Gasteiger partial charge in [0.15, 0.2) is 0 Å². The normalized spacial score (nSPS) is 27.2. The average Bonchev–Trinajstić information content (AvgIpc) is 3.04. The number of rotatable bonds is 3. The molecule has 3 atom stereocenters. The number of nitrogens with two attached hydrogens (primary N) is 1. The maximum atomic E-state index is 14.1. The Bertz CT molecular complexity index is 557. The van der Waals surface area contributed by atoms with Crippen LogP contribution in [0.5, 0.6) is 0 Å². The maximum Gasteiger partial charge on any atom is 0.229 e. The smallest absolute Gasteiger partial charge is 0.229 e. The third kappa shape index (κ3) is 3.39. The molecule has 0 bridgehead atoms. The molecule has 2 aliphatic rings. The first-order valence-electron chi connectivity index (χ1n) is 8.35. The SMILES string of the molecule is CC(N)C1CCN(C(=O)C2CNNC2c2ccccc2F)CC1. The molecule has 0 aliphatic carbocycles. The van der Waals surface area contributed by atoms with Gasteiger partial charge in [-0.25, -0.2) is 9.82 Å². The lowest BCUT2D eigenvalue weighted by molar-refractivity contribution is -0.137. The Hall–Kier alpha value is -1.50. The van der Waals surface area contributed by atoms with Crippen LogP contribution < -0.4 is 16.6 Å². The number of benzene rings is 1. The Morgan fingerprint density at radius 3 is 2.70 bits per heavy atom. The van der Waals surface area contributed by atoms with Crippen molar-refractivity contribution < 1.29 is 9.18 Å². The van der Waals surface area contributed by atoms with Crippen molar-refractivity contribution in [1.29, 1.82) is 0 Å². The van der Waals surface area contributed by atoms with Gasteiger partial charge in [-0.1, -0.05) is 18.2 Å². The van der Waals surface area contributed by atoms with Crippen LogP contribution in [0.2, 0.25) is 0 Å². The summed E-state index contributed by atoms with van der Waals surface area (Å²) in [5.41, 5.74) is 12.6. The van der Waals surface area contributed by atoms with Gasteiger partial charge in [-0.05, 0) is 31.7 Å². The lowest BCUT2D eigenvalue weighted by atomic mass is 9.88. The first-order chi connectivity index (χ1) is 11.1. The molecule has 2 fully saturated rings. The first-order valence-corrected chi connectivity index (χ1v) is 8.35. The lowest BCUT2D eigenvalue weighted by Crippen LogP contribution is -2.46. The third-order valence-electron chi connectivity index (χ3n) is 5.13. The van der Waals surface area contributed by atoms with E-state index in [4.69, 9.17) is 5.73 Å². The number of likely N-dealkylation sites (tertiary alicyclic amines) is 1. The minimum atomic E-state index is -0.324. The molecule has 0 saturated carbocycles. The molecule has 6 heteroatoms. The highest BCUT2D eigenvalue weighted by Gasteiger charge is 2.38. The number of halogens is 1. The van der Waals surface area contributed by atoms with E-state index in [0.717, 1.165) is 25.9 Å². The van der Waals surface area contributed by atoms with Crippen molar-refractivity contribution in [2.24, 2.45) is 17.6 Å². The van der Waals surface area contributed by atoms with E-state index in [9.17, 15) is 9.18 Å². The van der Waals surface area contributed by atoms with Gasteiger partial charge >= 0.3 is 0 Å². The van der Waals surface area contributed by atoms with Gasteiger partial charge in [0.25, 0.3) is 0 Å². The zero-order valence-corrected chi connectivity index (χ0v) is 13.5. The topological polar surface area (TPSA) is 70.4 Å². The van der Waals surface area contributed by atoms with Crippen LogP contribution in [0.25, 0.3) is 0 Å². The highest BCUT2D eigenvalue weighted by molar-refractivity contribution is 5.80. The number of hydrogen-bond donors (Lipinski definition) is 3. The summed E-state index contributed by atoms with van der Waals surface area (Å²) in [5.74, 6) is 0.0287. The molecular formula is C17H25FN4O. The van der Waals surface area contributed by atoms with Crippen molar-refractivity contribution in [3.63, 3.8) is 0 Å². The molecule has 2 heterocycles. The molecule has 3 unspecified atom stereocenters. The second kappa shape index (κ2) is 6.95. The van der Waals surface area contributed by atoms with Crippen molar-refractivity contribution >= 4 is 5.91 Å². The second-order valence-electron chi connectivity index (χ2n) is 6.65. The predicted molar refractivity (Wildman–Crippen MR) is 86.7 cm³/mol. The Morgan fingerprint density at radius 1 is 1.35 bits per heavy atom. The summed E-state index contributed by atoms with van der Waals surface area (Å²) < 4.78 is 14.1. The van der Waals surface area contributed by atoms with Gasteiger partial charge in [-0.3, -0.25) is 10.2 Å². The van der Waals surface area contributed by atoms with Crippen LogP contribution in [0.3, 0.4) is 0 Å². The van der Waals surface area contributed by atoms with Crippen LogP contribution in [-0.4, -0.2) is 36.5 Å². The van der Waals surface area contributed by atoms with E-state index in [1.807, 2.05) is 11.8 Å². The number of amides is 1. The minimum absolute atomic E-state index is 0.0962. The molecular weight excluding hydrogens is 295 g/mol. The quantitative estimate of drug-likeness (QED) is 0.782. The van der Waals surface area contributed by atoms with Crippen LogP contribution >= 0.6 is 0 Å². The Balaban J connectivity index is 1.69. The van der Waals surface area contributed by atoms with E-state index in [1.54, 1.807) is 18.2 Å². The van der Waals surface area contributed by atoms with Gasteiger partial charge in [0, 0.05) is 31.2 Å². The molecule has 1 amide bonds. The van der Waals surface area contributed by atoms with Gasteiger partial charge in [0.2, 0.25) is 5.91 Å². The van der Waals surface area contributed by atoms with Crippen LogP contribution in [0.4, 0.5) is 4.39 Å². The van der Waals surface area contributed by atoms with Crippen LogP contribution in [0, 0.1) is 17.7 Å². The molecule has 3 rings (SSSR count). The summed E-state index contributed by atoms with van der Waals surface area (Å²) in [6, 6.07) is 6.49.